The van der Waals surface area contributed by atoms with Crippen molar-refractivity contribution in [3.05, 3.63) is 9.90 Å². The van der Waals surface area contributed by atoms with Crippen molar-refractivity contribution in [3.63, 3.8) is 0 Å². The van der Waals surface area contributed by atoms with Gasteiger partial charge in [-0.3, -0.25) is 4.90 Å². The van der Waals surface area contributed by atoms with E-state index in [1.807, 2.05) is 36.4 Å². The number of fused-ring (bicyclic) bond motifs is 2. The maximum Gasteiger partial charge on any atom is 0.410 e. The molecule has 0 aliphatic carbocycles. The predicted octanol–water partition coefficient (Wildman–Crippen LogP) is 2.14. The number of halogens is 1. The lowest BCUT2D eigenvalue weighted by molar-refractivity contribution is 0.00217. The predicted molar refractivity (Wildman–Crippen MR) is 109 cm³/mol. The summed E-state index contributed by atoms with van der Waals surface area (Å²) in [5, 5.41) is 5.67. The molecule has 10 heteroatoms. The molecular formula is C16H23IN6O2S. The summed E-state index contributed by atoms with van der Waals surface area (Å²) in [5.41, 5.74) is -0.458. The van der Waals surface area contributed by atoms with Crippen molar-refractivity contribution in [2.24, 2.45) is 0 Å². The Balaban J connectivity index is 1.43. The standard InChI is InChI=1S/C16H23IN6O2S/c1-16(2,3)25-15(24)22-7-5-20-4-6-21(8-11(20)9-22)14-19-23-10-12(17)18-13(23)26-14/h10-11H,4-9H2,1-3H3. The Morgan fingerprint density at radius 1 is 1.27 bits per heavy atom. The molecule has 2 aromatic heterocycles. The SMILES string of the molecule is CC(C)(C)OC(=O)N1CCN2CCN(c3nn4cc(I)nc4s3)CC2C1. The van der Waals surface area contributed by atoms with E-state index in [0.717, 1.165) is 46.5 Å². The molecule has 8 nitrogen and oxygen atoms in total. The van der Waals surface area contributed by atoms with E-state index in [0.29, 0.717) is 12.6 Å². The molecule has 2 aromatic rings. The molecule has 2 fully saturated rings. The topological polar surface area (TPSA) is 66.2 Å². The van der Waals surface area contributed by atoms with Gasteiger partial charge in [-0.25, -0.2) is 14.3 Å². The van der Waals surface area contributed by atoms with Crippen LogP contribution in [0, 0.1) is 3.70 Å². The van der Waals surface area contributed by atoms with E-state index >= 15 is 0 Å². The summed E-state index contributed by atoms with van der Waals surface area (Å²) in [6.07, 6.45) is 1.73. The average molecular weight is 490 g/mol. The number of hydrogen-bond acceptors (Lipinski definition) is 7. The first-order valence-corrected chi connectivity index (χ1v) is 10.7. The van der Waals surface area contributed by atoms with Crippen LogP contribution in [-0.2, 0) is 4.74 Å². The number of amides is 1. The first kappa shape index (κ1) is 18.2. The van der Waals surface area contributed by atoms with Crippen LogP contribution in [0.5, 0.6) is 0 Å². The normalized spacial score (nSPS) is 21.9. The first-order chi connectivity index (χ1) is 12.3. The van der Waals surface area contributed by atoms with E-state index in [2.05, 4.69) is 42.5 Å². The van der Waals surface area contributed by atoms with Crippen molar-refractivity contribution >= 4 is 50.1 Å². The third-order valence-electron chi connectivity index (χ3n) is 4.62. The lowest BCUT2D eigenvalue weighted by atomic mass is 10.1. The quantitative estimate of drug-likeness (QED) is 0.571. The minimum absolute atomic E-state index is 0.212. The maximum atomic E-state index is 12.4. The number of anilines is 1. The second kappa shape index (κ2) is 6.79. The van der Waals surface area contributed by atoms with E-state index < -0.39 is 5.60 Å². The summed E-state index contributed by atoms with van der Waals surface area (Å²) < 4.78 is 8.35. The third kappa shape index (κ3) is 3.77. The summed E-state index contributed by atoms with van der Waals surface area (Å²) in [5.74, 6) is 0. The van der Waals surface area contributed by atoms with Gasteiger partial charge in [-0.05, 0) is 43.4 Å². The summed E-state index contributed by atoms with van der Waals surface area (Å²) in [6.45, 7) is 10.9. The minimum atomic E-state index is -0.458. The van der Waals surface area contributed by atoms with Crippen molar-refractivity contribution < 1.29 is 9.53 Å². The largest absolute Gasteiger partial charge is 0.444 e. The number of hydrogen-bond donors (Lipinski definition) is 0. The fourth-order valence-corrected chi connectivity index (χ4v) is 4.99. The second-order valence-electron chi connectivity index (χ2n) is 7.74. The highest BCUT2D eigenvalue weighted by Gasteiger charge is 2.36. The van der Waals surface area contributed by atoms with E-state index in [1.54, 1.807) is 11.3 Å². The Morgan fingerprint density at radius 3 is 2.77 bits per heavy atom. The molecule has 4 heterocycles. The summed E-state index contributed by atoms with van der Waals surface area (Å²) in [7, 11) is 0. The summed E-state index contributed by atoms with van der Waals surface area (Å²) >= 11 is 3.82. The lowest BCUT2D eigenvalue weighted by Gasteiger charge is -2.47. The van der Waals surface area contributed by atoms with Gasteiger partial charge in [-0.2, -0.15) is 0 Å². The summed E-state index contributed by atoms with van der Waals surface area (Å²) in [4.78, 5) is 24.4. The van der Waals surface area contributed by atoms with Gasteiger partial charge in [0.15, 0.2) is 0 Å². The Labute approximate surface area is 170 Å². The number of ether oxygens (including phenoxy) is 1. The summed E-state index contributed by atoms with van der Waals surface area (Å²) in [6, 6.07) is 0.307. The van der Waals surface area contributed by atoms with Crippen LogP contribution in [0.2, 0.25) is 0 Å². The highest BCUT2D eigenvalue weighted by molar-refractivity contribution is 14.1. The zero-order valence-electron chi connectivity index (χ0n) is 15.2. The van der Waals surface area contributed by atoms with Crippen LogP contribution in [-0.4, -0.2) is 81.4 Å². The molecule has 4 rings (SSSR count). The molecule has 1 unspecified atom stereocenters. The van der Waals surface area contributed by atoms with Crippen molar-refractivity contribution in [1.82, 2.24) is 24.4 Å². The molecule has 1 atom stereocenters. The zero-order chi connectivity index (χ0) is 18.5. The van der Waals surface area contributed by atoms with Crippen LogP contribution in [0.1, 0.15) is 20.8 Å². The Hall–Kier alpha value is -1.14. The van der Waals surface area contributed by atoms with Gasteiger partial charge in [-0.1, -0.05) is 11.3 Å². The molecule has 0 radical (unpaired) electrons. The molecule has 2 saturated heterocycles. The number of carbonyl (C=O) groups is 1. The Bertz CT molecular complexity index is 784. The molecule has 1 amide bonds. The van der Waals surface area contributed by atoms with Crippen LogP contribution in [0.4, 0.5) is 9.93 Å². The van der Waals surface area contributed by atoms with Crippen LogP contribution < -0.4 is 4.90 Å². The molecule has 142 valence electrons. The minimum Gasteiger partial charge on any atom is -0.444 e. The molecule has 0 saturated carbocycles. The van der Waals surface area contributed by atoms with Gasteiger partial charge in [0.25, 0.3) is 0 Å². The highest BCUT2D eigenvalue weighted by Crippen LogP contribution is 2.27. The molecule has 0 aromatic carbocycles. The highest BCUT2D eigenvalue weighted by atomic mass is 127. The Morgan fingerprint density at radius 2 is 2.04 bits per heavy atom. The van der Waals surface area contributed by atoms with Gasteiger partial charge in [0.2, 0.25) is 10.1 Å². The molecular weight excluding hydrogens is 467 g/mol. The molecule has 0 N–H and O–H groups in total. The van der Waals surface area contributed by atoms with Gasteiger partial charge in [0, 0.05) is 45.3 Å². The second-order valence-corrected chi connectivity index (χ2v) is 9.78. The van der Waals surface area contributed by atoms with Crippen LogP contribution >= 0.6 is 33.9 Å². The number of carbonyl (C=O) groups excluding carboxylic acids is 1. The van der Waals surface area contributed by atoms with Gasteiger partial charge in [0.1, 0.15) is 9.30 Å². The van der Waals surface area contributed by atoms with Crippen molar-refractivity contribution in [2.45, 2.75) is 32.4 Å². The lowest BCUT2D eigenvalue weighted by Crippen LogP contribution is -2.63. The third-order valence-corrected chi connectivity index (χ3v) is 6.12. The van der Waals surface area contributed by atoms with Crippen molar-refractivity contribution in [3.8, 4) is 0 Å². The smallest absolute Gasteiger partial charge is 0.410 e. The number of imidazole rings is 1. The zero-order valence-corrected chi connectivity index (χ0v) is 18.2. The van der Waals surface area contributed by atoms with E-state index in [-0.39, 0.29) is 6.09 Å². The molecule has 0 spiro atoms. The number of piperazine rings is 2. The van der Waals surface area contributed by atoms with E-state index in [4.69, 9.17) is 4.74 Å². The molecule has 2 aliphatic heterocycles. The van der Waals surface area contributed by atoms with Crippen molar-refractivity contribution in [2.75, 3.05) is 44.2 Å². The average Bonchev–Trinajstić information content (AvgIpc) is 3.09. The van der Waals surface area contributed by atoms with Crippen LogP contribution in [0.15, 0.2) is 6.20 Å². The fraction of sp³-hybridized carbons (Fsp3) is 0.688. The molecule has 26 heavy (non-hydrogen) atoms. The maximum absolute atomic E-state index is 12.4. The van der Waals surface area contributed by atoms with Gasteiger partial charge in [-0.15, -0.1) is 5.10 Å². The number of aromatic nitrogens is 3. The first-order valence-electron chi connectivity index (χ1n) is 8.77. The van der Waals surface area contributed by atoms with E-state index in [1.165, 1.54) is 0 Å². The van der Waals surface area contributed by atoms with Gasteiger partial charge < -0.3 is 14.5 Å². The number of nitrogens with zero attached hydrogens (tertiary/aromatic N) is 6. The van der Waals surface area contributed by atoms with E-state index in [9.17, 15) is 4.79 Å². The van der Waals surface area contributed by atoms with Crippen LogP contribution in [0.3, 0.4) is 0 Å². The molecule has 0 bridgehead atoms. The number of rotatable bonds is 1. The fourth-order valence-electron chi connectivity index (χ4n) is 3.41. The monoisotopic (exact) mass is 490 g/mol. The van der Waals surface area contributed by atoms with Crippen LogP contribution in [0.25, 0.3) is 4.96 Å². The van der Waals surface area contributed by atoms with Gasteiger partial charge in [0.05, 0.1) is 6.20 Å². The van der Waals surface area contributed by atoms with Gasteiger partial charge >= 0.3 is 6.09 Å². The Kier molecular flexibility index (Phi) is 4.76. The molecule has 2 aliphatic rings. The van der Waals surface area contributed by atoms with Crippen molar-refractivity contribution in [1.29, 1.82) is 0 Å².